The van der Waals surface area contributed by atoms with Crippen molar-refractivity contribution in [2.45, 2.75) is 25.7 Å². The molecule has 2 aromatic heterocycles. The molecule has 1 atom stereocenters. The SMILES string of the molecule is Cc1cc(NC(=O)C(C)SCC(=O)NNC(=O)c2ccc(COc3ccccc3)o2)no1. The number of hydrogen-bond donors (Lipinski definition) is 3. The lowest BCUT2D eigenvalue weighted by Gasteiger charge is -2.10. The highest BCUT2D eigenvalue weighted by molar-refractivity contribution is 8.01. The Labute approximate surface area is 188 Å². The van der Waals surface area contributed by atoms with Crippen molar-refractivity contribution in [1.29, 1.82) is 0 Å². The topological polar surface area (TPSA) is 136 Å². The van der Waals surface area contributed by atoms with Crippen LogP contribution in [0.1, 0.15) is 29.0 Å². The van der Waals surface area contributed by atoms with Crippen LogP contribution in [-0.4, -0.2) is 33.9 Å². The molecule has 1 aromatic carbocycles. The van der Waals surface area contributed by atoms with Crippen LogP contribution in [0.15, 0.2) is 57.5 Å². The summed E-state index contributed by atoms with van der Waals surface area (Å²) in [5.74, 6) is 0.608. The molecule has 32 heavy (non-hydrogen) atoms. The van der Waals surface area contributed by atoms with Crippen molar-refractivity contribution >= 4 is 35.3 Å². The molecule has 0 spiro atoms. The van der Waals surface area contributed by atoms with Gasteiger partial charge in [-0.15, -0.1) is 11.8 Å². The Morgan fingerprint density at radius 1 is 1.12 bits per heavy atom. The van der Waals surface area contributed by atoms with E-state index < -0.39 is 17.1 Å². The first-order valence-corrected chi connectivity index (χ1v) is 10.7. The predicted octanol–water partition coefficient (Wildman–Crippen LogP) is 2.68. The highest BCUT2D eigenvalue weighted by Gasteiger charge is 2.18. The van der Waals surface area contributed by atoms with Crippen LogP contribution in [-0.2, 0) is 16.2 Å². The summed E-state index contributed by atoms with van der Waals surface area (Å²) in [6, 6.07) is 13.9. The van der Waals surface area contributed by atoms with Crippen LogP contribution in [0.4, 0.5) is 5.82 Å². The van der Waals surface area contributed by atoms with Gasteiger partial charge in [0.25, 0.3) is 0 Å². The number of carbonyl (C=O) groups is 3. The molecule has 3 N–H and O–H groups in total. The predicted molar refractivity (Wildman–Crippen MR) is 117 cm³/mol. The molecule has 3 amide bonds. The minimum atomic E-state index is -0.610. The Bertz CT molecular complexity index is 1070. The summed E-state index contributed by atoms with van der Waals surface area (Å²) in [6.45, 7) is 3.52. The second-order valence-corrected chi connectivity index (χ2v) is 7.96. The molecule has 2 heterocycles. The van der Waals surface area contributed by atoms with Gasteiger partial charge in [-0.1, -0.05) is 23.4 Å². The fourth-order valence-electron chi connectivity index (χ4n) is 2.40. The first-order valence-electron chi connectivity index (χ1n) is 9.62. The van der Waals surface area contributed by atoms with Crippen LogP contribution in [0.3, 0.4) is 0 Å². The third-order valence-electron chi connectivity index (χ3n) is 4.04. The number of nitrogens with zero attached hydrogens (tertiary/aromatic N) is 1. The monoisotopic (exact) mass is 458 g/mol. The zero-order chi connectivity index (χ0) is 22.9. The molecule has 0 aliphatic rings. The van der Waals surface area contributed by atoms with Crippen molar-refractivity contribution in [2.75, 3.05) is 11.1 Å². The summed E-state index contributed by atoms with van der Waals surface area (Å²) >= 11 is 1.10. The first kappa shape index (κ1) is 22.9. The van der Waals surface area contributed by atoms with Crippen molar-refractivity contribution < 1.29 is 28.1 Å². The van der Waals surface area contributed by atoms with Crippen molar-refractivity contribution in [1.82, 2.24) is 16.0 Å². The van der Waals surface area contributed by atoms with Crippen LogP contribution >= 0.6 is 11.8 Å². The average Bonchev–Trinajstić information content (AvgIpc) is 3.44. The highest BCUT2D eigenvalue weighted by Crippen LogP contribution is 2.15. The van der Waals surface area contributed by atoms with E-state index in [1.807, 2.05) is 30.3 Å². The summed E-state index contributed by atoms with van der Waals surface area (Å²) < 4.78 is 15.9. The summed E-state index contributed by atoms with van der Waals surface area (Å²) in [7, 11) is 0. The van der Waals surface area contributed by atoms with Gasteiger partial charge in [0, 0.05) is 6.07 Å². The van der Waals surface area contributed by atoms with E-state index in [9.17, 15) is 14.4 Å². The van der Waals surface area contributed by atoms with Crippen LogP contribution < -0.4 is 20.9 Å². The number of ether oxygens (including phenoxy) is 1. The lowest BCUT2D eigenvalue weighted by molar-refractivity contribution is -0.119. The molecular formula is C21H22N4O6S. The minimum absolute atomic E-state index is 0.0280. The van der Waals surface area contributed by atoms with Gasteiger partial charge >= 0.3 is 5.91 Å². The lowest BCUT2D eigenvalue weighted by Crippen LogP contribution is -2.42. The lowest BCUT2D eigenvalue weighted by atomic mass is 10.3. The number of amides is 3. The number of thioether (sulfide) groups is 1. The second-order valence-electron chi connectivity index (χ2n) is 6.64. The normalized spacial score (nSPS) is 11.4. The number of hydrogen-bond acceptors (Lipinski definition) is 8. The summed E-state index contributed by atoms with van der Waals surface area (Å²) in [5.41, 5.74) is 4.56. The molecule has 10 nitrogen and oxygen atoms in total. The first-order chi connectivity index (χ1) is 15.4. The van der Waals surface area contributed by atoms with Gasteiger partial charge in [0.15, 0.2) is 11.6 Å². The van der Waals surface area contributed by atoms with Crippen LogP contribution in [0.2, 0.25) is 0 Å². The van der Waals surface area contributed by atoms with E-state index >= 15 is 0 Å². The minimum Gasteiger partial charge on any atom is -0.486 e. The number of furan rings is 1. The van der Waals surface area contributed by atoms with E-state index in [0.717, 1.165) is 11.8 Å². The fraction of sp³-hybridized carbons (Fsp3) is 0.238. The summed E-state index contributed by atoms with van der Waals surface area (Å²) in [5, 5.41) is 5.75. The molecule has 0 fully saturated rings. The van der Waals surface area contributed by atoms with Crippen molar-refractivity contribution in [2.24, 2.45) is 0 Å². The van der Waals surface area contributed by atoms with Gasteiger partial charge in [-0.25, -0.2) is 0 Å². The third kappa shape index (κ3) is 6.91. The number of aryl methyl sites for hydroxylation is 1. The van der Waals surface area contributed by atoms with E-state index in [4.69, 9.17) is 13.7 Å². The van der Waals surface area contributed by atoms with Crippen molar-refractivity contribution in [3.8, 4) is 5.75 Å². The van der Waals surface area contributed by atoms with Gasteiger partial charge in [0.2, 0.25) is 11.8 Å². The van der Waals surface area contributed by atoms with E-state index in [0.29, 0.717) is 23.1 Å². The molecule has 1 unspecified atom stereocenters. The molecular weight excluding hydrogens is 436 g/mol. The van der Waals surface area contributed by atoms with Crippen LogP contribution in [0, 0.1) is 6.92 Å². The zero-order valence-electron chi connectivity index (χ0n) is 17.4. The van der Waals surface area contributed by atoms with E-state index in [1.165, 1.54) is 6.07 Å². The standard InChI is InChI=1S/C21H22N4O6S/c1-13-10-18(25-31-13)22-20(27)14(2)32-12-19(26)23-24-21(28)17-9-8-16(30-17)11-29-15-6-4-3-5-7-15/h3-10,14H,11-12H2,1-2H3,(H,23,26)(H,24,28)(H,22,25,27). The molecule has 0 saturated heterocycles. The van der Waals surface area contributed by atoms with Crippen LogP contribution in [0.25, 0.3) is 0 Å². The molecule has 11 heteroatoms. The second kappa shape index (κ2) is 11.0. The number of carbonyl (C=O) groups excluding carboxylic acids is 3. The molecule has 3 aromatic rings. The van der Waals surface area contributed by atoms with Crippen LogP contribution in [0.5, 0.6) is 5.75 Å². The number of hydrazine groups is 1. The maximum absolute atomic E-state index is 12.1. The Morgan fingerprint density at radius 2 is 1.91 bits per heavy atom. The molecule has 0 aliphatic carbocycles. The maximum atomic E-state index is 12.1. The number of nitrogens with one attached hydrogen (secondary N) is 3. The molecule has 0 bridgehead atoms. The molecule has 0 aliphatic heterocycles. The van der Waals surface area contributed by atoms with Gasteiger partial charge < -0.3 is 19.0 Å². The number of aromatic nitrogens is 1. The van der Waals surface area contributed by atoms with Gasteiger partial charge in [-0.2, -0.15) is 0 Å². The summed E-state index contributed by atoms with van der Waals surface area (Å²) in [6.07, 6.45) is 0. The van der Waals surface area contributed by atoms with E-state index in [1.54, 1.807) is 26.0 Å². The number of benzene rings is 1. The van der Waals surface area contributed by atoms with E-state index in [-0.39, 0.29) is 24.0 Å². The van der Waals surface area contributed by atoms with Gasteiger partial charge in [-0.3, -0.25) is 25.2 Å². The zero-order valence-corrected chi connectivity index (χ0v) is 18.2. The van der Waals surface area contributed by atoms with E-state index in [2.05, 4.69) is 21.3 Å². The van der Waals surface area contributed by atoms with Gasteiger partial charge in [-0.05, 0) is 38.1 Å². The number of para-hydroxylation sites is 1. The quantitative estimate of drug-likeness (QED) is 0.417. The Kier molecular flexibility index (Phi) is 7.92. The fourth-order valence-corrected chi connectivity index (χ4v) is 3.09. The average molecular weight is 458 g/mol. The molecule has 0 saturated carbocycles. The molecule has 0 radical (unpaired) electrons. The van der Waals surface area contributed by atoms with Crippen molar-refractivity contribution in [3.05, 3.63) is 65.8 Å². The summed E-state index contributed by atoms with van der Waals surface area (Å²) in [4.78, 5) is 36.2. The van der Waals surface area contributed by atoms with Gasteiger partial charge in [0.1, 0.15) is 23.9 Å². The highest BCUT2D eigenvalue weighted by atomic mass is 32.2. The molecule has 3 rings (SSSR count). The Hall–Kier alpha value is -3.73. The number of anilines is 1. The third-order valence-corrected chi connectivity index (χ3v) is 5.18. The van der Waals surface area contributed by atoms with Crippen molar-refractivity contribution in [3.63, 3.8) is 0 Å². The van der Waals surface area contributed by atoms with Gasteiger partial charge in [0.05, 0.1) is 11.0 Å². The number of rotatable bonds is 9. The largest absolute Gasteiger partial charge is 0.486 e. The smallest absolute Gasteiger partial charge is 0.305 e. The maximum Gasteiger partial charge on any atom is 0.305 e. The Morgan fingerprint density at radius 3 is 2.62 bits per heavy atom. The molecule has 168 valence electrons. The Balaban J connectivity index is 1.36.